The molecular weight excluding hydrogens is 180 g/mol. The van der Waals surface area contributed by atoms with Crippen molar-refractivity contribution < 1.29 is 9.95 Å². The van der Waals surface area contributed by atoms with Crippen molar-refractivity contribution in [2.45, 2.75) is 51.6 Å². The predicted octanol–water partition coefficient (Wildman–Crippen LogP) is 1.52. The third kappa shape index (κ3) is 0.947. The van der Waals surface area contributed by atoms with Gasteiger partial charge in [-0.25, -0.2) is 0 Å². The molecule has 0 bridgehead atoms. The summed E-state index contributed by atoms with van der Waals surface area (Å²) < 4.78 is 0.928. The molecule has 1 heterocycles. The average Bonchev–Trinajstić information content (AvgIpc) is 2.84. The fourth-order valence-corrected chi connectivity index (χ4v) is 1.83. The summed E-state index contributed by atoms with van der Waals surface area (Å²) in [6.07, 6.45) is 1.97. The zero-order valence-corrected chi connectivity index (χ0v) is 9.20. The van der Waals surface area contributed by atoms with E-state index in [4.69, 9.17) is 0 Å². The van der Waals surface area contributed by atoms with Gasteiger partial charge in [-0.05, 0) is 40.5 Å². The van der Waals surface area contributed by atoms with Gasteiger partial charge in [-0.2, -0.15) is 0 Å². The fourth-order valence-electron chi connectivity index (χ4n) is 1.83. The highest BCUT2D eigenvalue weighted by molar-refractivity contribution is 5.83. The van der Waals surface area contributed by atoms with Crippen molar-refractivity contribution in [2.75, 3.05) is 0 Å². The zero-order chi connectivity index (χ0) is 10.7. The highest BCUT2D eigenvalue weighted by Crippen LogP contribution is 2.42. The van der Waals surface area contributed by atoms with E-state index in [0.29, 0.717) is 5.84 Å². The lowest BCUT2D eigenvalue weighted by Crippen LogP contribution is -2.53. The number of nitrogens with zero attached hydrogens (tertiary/aromatic N) is 2. The van der Waals surface area contributed by atoms with Crippen LogP contribution in [-0.2, 0) is 5.21 Å². The first-order valence-electron chi connectivity index (χ1n) is 5.11. The van der Waals surface area contributed by atoms with Gasteiger partial charge in [-0.1, -0.05) is 5.06 Å². The second-order valence-corrected chi connectivity index (χ2v) is 5.34. The van der Waals surface area contributed by atoms with Crippen molar-refractivity contribution in [3.05, 3.63) is 5.21 Å². The molecule has 0 amide bonds. The molecule has 1 aliphatic carbocycles. The molecule has 14 heavy (non-hydrogen) atoms. The molecule has 0 N–H and O–H groups in total. The van der Waals surface area contributed by atoms with Gasteiger partial charge in [0.1, 0.15) is 5.54 Å². The van der Waals surface area contributed by atoms with Crippen LogP contribution < -0.4 is 0 Å². The lowest BCUT2D eigenvalue weighted by atomic mass is 9.84. The standard InChI is InChI=1S/C10H17N2O2/c1-9(2)10(3,4)12(14)8(11(9)13)7-5-6-7/h7H,5-6H2,1-4H3. The molecule has 0 saturated heterocycles. The van der Waals surface area contributed by atoms with E-state index in [9.17, 15) is 10.4 Å². The SMILES string of the molecule is CC1(C)N([O])C(C2CC2)=[N+]([O-])C1(C)C. The van der Waals surface area contributed by atoms with Gasteiger partial charge < -0.3 is 5.21 Å². The maximum atomic E-state index is 12.0. The Morgan fingerprint density at radius 3 is 2.14 bits per heavy atom. The normalized spacial score (nSPS) is 29.9. The highest BCUT2D eigenvalue weighted by atomic mass is 16.5. The summed E-state index contributed by atoms with van der Waals surface area (Å²) in [6, 6.07) is 0. The van der Waals surface area contributed by atoms with Crippen LogP contribution in [0.2, 0.25) is 0 Å². The Balaban J connectivity index is 2.45. The first kappa shape index (κ1) is 9.77. The summed E-state index contributed by atoms with van der Waals surface area (Å²) in [5, 5.41) is 24.9. The molecule has 1 fully saturated rings. The van der Waals surface area contributed by atoms with E-state index in [1.165, 1.54) is 0 Å². The molecule has 4 heteroatoms. The smallest absolute Gasteiger partial charge is 0.287 e. The molecule has 1 saturated carbocycles. The molecule has 1 radical (unpaired) electrons. The average molecular weight is 197 g/mol. The maximum Gasteiger partial charge on any atom is 0.287 e. The first-order valence-corrected chi connectivity index (χ1v) is 5.11. The number of rotatable bonds is 1. The van der Waals surface area contributed by atoms with Crippen molar-refractivity contribution in [1.82, 2.24) is 5.06 Å². The summed E-state index contributed by atoms with van der Waals surface area (Å²) in [7, 11) is 0. The Bertz CT molecular complexity index is 303. The van der Waals surface area contributed by atoms with Gasteiger partial charge in [0.15, 0.2) is 5.54 Å². The number of hydrogen-bond acceptors (Lipinski definition) is 2. The monoisotopic (exact) mass is 197 g/mol. The first-order chi connectivity index (χ1) is 6.30. The number of amidine groups is 1. The Morgan fingerprint density at radius 2 is 1.86 bits per heavy atom. The van der Waals surface area contributed by atoms with Gasteiger partial charge in [0.25, 0.3) is 5.84 Å². The molecule has 0 atom stereocenters. The van der Waals surface area contributed by atoms with E-state index < -0.39 is 11.1 Å². The molecule has 2 aliphatic rings. The van der Waals surface area contributed by atoms with Crippen LogP contribution in [0.3, 0.4) is 0 Å². The van der Waals surface area contributed by atoms with Gasteiger partial charge in [0.2, 0.25) is 0 Å². The summed E-state index contributed by atoms with van der Waals surface area (Å²) in [5.74, 6) is 0.658. The largest absolute Gasteiger partial charge is 0.715 e. The summed E-state index contributed by atoms with van der Waals surface area (Å²) in [6.45, 7) is 7.33. The maximum absolute atomic E-state index is 12.0. The Labute approximate surface area is 84.4 Å². The van der Waals surface area contributed by atoms with Crippen molar-refractivity contribution >= 4 is 5.84 Å². The van der Waals surface area contributed by atoms with Crippen LogP contribution in [0.1, 0.15) is 40.5 Å². The quantitative estimate of drug-likeness (QED) is 0.472. The van der Waals surface area contributed by atoms with Crippen molar-refractivity contribution in [3.8, 4) is 0 Å². The number of hydroxylamine groups is 3. The predicted molar refractivity (Wildman–Crippen MR) is 52.0 cm³/mol. The van der Waals surface area contributed by atoms with Crippen LogP contribution in [0.15, 0.2) is 0 Å². The lowest BCUT2D eigenvalue weighted by molar-refractivity contribution is -0.541. The van der Waals surface area contributed by atoms with E-state index in [1.807, 2.05) is 27.7 Å². The van der Waals surface area contributed by atoms with Crippen LogP contribution in [0.5, 0.6) is 0 Å². The van der Waals surface area contributed by atoms with E-state index in [0.717, 1.165) is 22.6 Å². The molecule has 79 valence electrons. The van der Waals surface area contributed by atoms with Crippen LogP contribution in [0.4, 0.5) is 0 Å². The van der Waals surface area contributed by atoms with Crippen molar-refractivity contribution in [2.24, 2.45) is 5.92 Å². The third-order valence-electron chi connectivity index (χ3n) is 3.87. The minimum atomic E-state index is -0.632. The molecule has 0 unspecified atom stereocenters. The van der Waals surface area contributed by atoms with E-state index in [2.05, 4.69) is 0 Å². The summed E-state index contributed by atoms with van der Waals surface area (Å²) in [5.41, 5.74) is -1.26. The molecule has 1 aliphatic heterocycles. The molecule has 0 spiro atoms. The van der Waals surface area contributed by atoms with Gasteiger partial charge in [0.05, 0.1) is 5.92 Å². The van der Waals surface area contributed by atoms with Gasteiger partial charge in [0, 0.05) is 5.21 Å². The third-order valence-corrected chi connectivity index (χ3v) is 3.87. The van der Waals surface area contributed by atoms with Crippen LogP contribution in [0, 0.1) is 11.1 Å². The van der Waals surface area contributed by atoms with Crippen molar-refractivity contribution in [3.63, 3.8) is 0 Å². The van der Waals surface area contributed by atoms with E-state index in [1.54, 1.807) is 0 Å². The summed E-state index contributed by atoms with van der Waals surface area (Å²) >= 11 is 0. The molecular formula is C10H17N2O2. The van der Waals surface area contributed by atoms with Gasteiger partial charge in [-0.3, -0.25) is 4.74 Å². The molecule has 0 aromatic rings. The van der Waals surface area contributed by atoms with Gasteiger partial charge in [-0.15, -0.1) is 0 Å². The Morgan fingerprint density at radius 1 is 1.36 bits per heavy atom. The molecule has 4 nitrogen and oxygen atoms in total. The highest BCUT2D eigenvalue weighted by Gasteiger charge is 2.62. The Hall–Kier alpha value is -0.770. The Kier molecular flexibility index (Phi) is 1.69. The van der Waals surface area contributed by atoms with Crippen LogP contribution in [-0.4, -0.2) is 26.7 Å². The topological polar surface area (TPSA) is 49.2 Å². The second kappa shape index (κ2) is 2.42. The van der Waals surface area contributed by atoms with Crippen molar-refractivity contribution in [1.29, 1.82) is 0 Å². The molecule has 2 rings (SSSR count). The molecule has 0 aromatic heterocycles. The zero-order valence-electron chi connectivity index (χ0n) is 9.20. The second-order valence-electron chi connectivity index (χ2n) is 5.34. The number of hydrogen-bond donors (Lipinski definition) is 0. The van der Waals surface area contributed by atoms with Crippen LogP contribution in [0.25, 0.3) is 0 Å². The minimum absolute atomic E-state index is 0.214. The van der Waals surface area contributed by atoms with E-state index in [-0.39, 0.29) is 5.92 Å². The van der Waals surface area contributed by atoms with E-state index >= 15 is 0 Å². The van der Waals surface area contributed by atoms with Gasteiger partial charge >= 0.3 is 0 Å². The van der Waals surface area contributed by atoms with Crippen LogP contribution >= 0.6 is 0 Å². The summed E-state index contributed by atoms with van der Waals surface area (Å²) in [4.78, 5) is 0. The fraction of sp³-hybridized carbons (Fsp3) is 0.900. The lowest BCUT2D eigenvalue weighted by Gasteiger charge is -2.32. The molecule has 0 aromatic carbocycles. The minimum Gasteiger partial charge on any atom is -0.715 e.